The Morgan fingerprint density at radius 2 is 1.55 bits per heavy atom. The fraction of sp³-hybridized carbons (Fsp3) is 0.500. The summed E-state index contributed by atoms with van der Waals surface area (Å²) in [7, 11) is 0. The van der Waals surface area contributed by atoms with Crippen LogP contribution in [0.15, 0.2) is 12.2 Å². The monoisotopic (exact) mass is 151 g/mol. The highest BCUT2D eigenvalue weighted by atomic mass is 16.1. The molecule has 1 fully saturated rings. The molecule has 0 aromatic rings. The van der Waals surface area contributed by atoms with Gasteiger partial charge >= 0.3 is 0 Å². The van der Waals surface area contributed by atoms with Crippen LogP contribution in [0.5, 0.6) is 0 Å². The quantitative estimate of drug-likeness (QED) is 0.509. The molecule has 0 bridgehead atoms. The molecule has 0 spiro atoms. The highest BCUT2D eigenvalue weighted by Gasteiger charge is 2.37. The number of carbonyl (C=O) groups is 2. The van der Waals surface area contributed by atoms with E-state index in [1.165, 1.54) is 12.2 Å². The average molecular weight is 151 g/mol. The lowest BCUT2D eigenvalue weighted by Crippen LogP contribution is -2.30. The van der Waals surface area contributed by atoms with Crippen LogP contribution >= 0.6 is 0 Å². The van der Waals surface area contributed by atoms with Gasteiger partial charge in [-0.05, 0) is 12.2 Å². The molecular formula is C8H9NO2. The Kier molecular flexibility index (Phi) is 1.39. The number of nitrogens with one attached hydrogen (secondary N) is 1. The maximum absolute atomic E-state index is 11.1. The number of rotatable bonds is 0. The van der Waals surface area contributed by atoms with Gasteiger partial charge in [0.2, 0.25) is 0 Å². The number of fused-ring (bicyclic) bond motifs is 1. The lowest BCUT2D eigenvalue weighted by atomic mass is 9.84. The molecule has 0 aromatic heterocycles. The Balaban J connectivity index is 2.32. The molecule has 2 unspecified atom stereocenters. The van der Waals surface area contributed by atoms with Crippen molar-refractivity contribution in [1.29, 1.82) is 0 Å². The SMILES string of the molecule is O=C1C=CC(=O)C2CNCC12. The molecule has 1 N–H and O–H groups in total. The second-order valence-corrected chi connectivity index (χ2v) is 3.01. The molecule has 0 amide bonds. The van der Waals surface area contributed by atoms with E-state index in [4.69, 9.17) is 0 Å². The van der Waals surface area contributed by atoms with Gasteiger partial charge in [0.15, 0.2) is 11.6 Å². The standard InChI is InChI=1S/C8H9NO2/c10-7-1-2-8(11)6-4-9-3-5(6)7/h1-2,5-6,9H,3-4H2. The second kappa shape index (κ2) is 2.27. The lowest BCUT2D eigenvalue weighted by molar-refractivity contribution is -0.127. The van der Waals surface area contributed by atoms with Crippen molar-refractivity contribution >= 4 is 11.6 Å². The fourth-order valence-corrected chi connectivity index (χ4v) is 1.69. The van der Waals surface area contributed by atoms with Gasteiger partial charge in [-0.1, -0.05) is 0 Å². The van der Waals surface area contributed by atoms with Crippen molar-refractivity contribution in [2.75, 3.05) is 13.1 Å². The number of carbonyl (C=O) groups excluding carboxylic acids is 2. The summed E-state index contributed by atoms with van der Waals surface area (Å²) in [6.45, 7) is 1.33. The van der Waals surface area contributed by atoms with E-state index in [9.17, 15) is 9.59 Å². The van der Waals surface area contributed by atoms with E-state index in [-0.39, 0.29) is 23.4 Å². The van der Waals surface area contributed by atoms with Gasteiger partial charge in [-0.3, -0.25) is 9.59 Å². The van der Waals surface area contributed by atoms with E-state index in [2.05, 4.69) is 5.32 Å². The third-order valence-corrected chi connectivity index (χ3v) is 2.36. The third kappa shape index (κ3) is 0.922. The van der Waals surface area contributed by atoms with E-state index < -0.39 is 0 Å². The molecule has 0 radical (unpaired) electrons. The van der Waals surface area contributed by atoms with Crippen LogP contribution in [0.4, 0.5) is 0 Å². The van der Waals surface area contributed by atoms with Crippen LogP contribution in [0.2, 0.25) is 0 Å². The summed E-state index contributed by atoms with van der Waals surface area (Å²) in [5.74, 6) is 0.0409. The van der Waals surface area contributed by atoms with Gasteiger partial charge < -0.3 is 5.32 Å². The van der Waals surface area contributed by atoms with E-state index in [1.54, 1.807) is 0 Å². The van der Waals surface area contributed by atoms with Crippen molar-refractivity contribution in [1.82, 2.24) is 5.32 Å². The first-order chi connectivity index (χ1) is 5.29. The van der Waals surface area contributed by atoms with Crippen LogP contribution < -0.4 is 5.32 Å². The van der Waals surface area contributed by atoms with E-state index in [0.29, 0.717) is 13.1 Å². The molecule has 1 heterocycles. The summed E-state index contributed by atoms with van der Waals surface area (Å²) in [5, 5.41) is 3.04. The second-order valence-electron chi connectivity index (χ2n) is 3.01. The van der Waals surface area contributed by atoms with Gasteiger partial charge in [0.1, 0.15) is 0 Å². The molecule has 1 saturated heterocycles. The molecule has 11 heavy (non-hydrogen) atoms. The van der Waals surface area contributed by atoms with E-state index >= 15 is 0 Å². The zero-order valence-corrected chi connectivity index (χ0v) is 6.04. The van der Waals surface area contributed by atoms with E-state index in [1.807, 2.05) is 0 Å². The number of allylic oxidation sites excluding steroid dienone is 2. The Morgan fingerprint density at radius 1 is 1.09 bits per heavy atom. The van der Waals surface area contributed by atoms with Gasteiger partial charge in [-0.2, -0.15) is 0 Å². The van der Waals surface area contributed by atoms with Crippen molar-refractivity contribution in [3.63, 3.8) is 0 Å². The van der Waals surface area contributed by atoms with Crippen LogP contribution in [0.1, 0.15) is 0 Å². The highest BCUT2D eigenvalue weighted by Crippen LogP contribution is 2.23. The van der Waals surface area contributed by atoms with Crippen LogP contribution in [0.25, 0.3) is 0 Å². The van der Waals surface area contributed by atoms with Crippen LogP contribution in [0.3, 0.4) is 0 Å². The Labute approximate surface area is 64.5 Å². The van der Waals surface area contributed by atoms with Crippen molar-refractivity contribution < 1.29 is 9.59 Å². The highest BCUT2D eigenvalue weighted by molar-refractivity contribution is 6.07. The van der Waals surface area contributed by atoms with Crippen LogP contribution in [0, 0.1) is 11.8 Å². The van der Waals surface area contributed by atoms with Gasteiger partial charge in [0, 0.05) is 24.9 Å². The summed E-state index contributed by atoms with van der Waals surface area (Å²) in [5.41, 5.74) is 0. The predicted octanol–water partition coefficient (Wildman–Crippen LogP) is -0.470. The predicted molar refractivity (Wildman–Crippen MR) is 39.0 cm³/mol. The van der Waals surface area contributed by atoms with Gasteiger partial charge in [-0.15, -0.1) is 0 Å². The van der Waals surface area contributed by atoms with Gasteiger partial charge in [0.25, 0.3) is 0 Å². The summed E-state index contributed by atoms with van der Waals surface area (Å²) in [6.07, 6.45) is 2.80. The Morgan fingerprint density at radius 3 is 2.00 bits per heavy atom. The largest absolute Gasteiger partial charge is 0.315 e. The molecule has 2 aliphatic rings. The maximum atomic E-state index is 11.1. The van der Waals surface area contributed by atoms with Crippen LogP contribution in [-0.2, 0) is 9.59 Å². The van der Waals surface area contributed by atoms with Crippen molar-refractivity contribution in [2.24, 2.45) is 11.8 Å². The minimum Gasteiger partial charge on any atom is -0.315 e. The molecule has 3 nitrogen and oxygen atoms in total. The van der Waals surface area contributed by atoms with Gasteiger partial charge in [0.05, 0.1) is 0 Å². The fourth-order valence-electron chi connectivity index (χ4n) is 1.69. The molecule has 3 heteroatoms. The first kappa shape index (κ1) is 6.73. The Hall–Kier alpha value is -0.960. The van der Waals surface area contributed by atoms with Gasteiger partial charge in [-0.25, -0.2) is 0 Å². The molecule has 0 saturated carbocycles. The van der Waals surface area contributed by atoms with Crippen molar-refractivity contribution in [3.05, 3.63) is 12.2 Å². The van der Waals surface area contributed by atoms with E-state index in [0.717, 1.165) is 0 Å². The minimum absolute atomic E-state index is 0.0764. The first-order valence-electron chi connectivity index (χ1n) is 3.75. The molecule has 1 aliphatic carbocycles. The lowest BCUT2D eigenvalue weighted by Gasteiger charge is -2.16. The summed E-state index contributed by atoms with van der Waals surface area (Å²) < 4.78 is 0. The summed E-state index contributed by atoms with van der Waals surface area (Å²) >= 11 is 0. The minimum atomic E-state index is -0.0764. The zero-order chi connectivity index (χ0) is 7.84. The number of hydrogen-bond donors (Lipinski definition) is 1. The molecule has 2 atom stereocenters. The number of ketones is 2. The maximum Gasteiger partial charge on any atom is 0.160 e. The van der Waals surface area contributed by atoms with Crippen LogP contribution in [-0.4, -0.2) is 24.7 Å². The normalized spacial score (nSPS) is 36.0. The number of hydrogen-bond acceptors (Lipinski definition) is 3. The zero-order valence-electron chi connectivity index (χ0n) is 6.04. The molecule has 1 aliphatic heterocycles. The molecule has 0 aromatic carbocycles. The molecular weight excluding hydrogens is 142 g/mol. The molecule has 58 valence electrons. The molecule has 2 rings (SSSR count). The third-order valence-electron chi connectivity index (χ3n) is 2.36. The first-order valence-corrected chi connectivity index (χ1v) is 3.75. The average Bonchev–Trinajstić information content (AvgIpc) is 2.45. The smallest absolute Gasteiger partial charge is 0.160 e. The van der Waals surface area contributed by atoms with Crippen molar-refractivity contribution in [3.8, 4) is 0 Å². The van der Waals surface area contributed by atoms with Crippen molar-refractivity contribution in [2.45, 2.75) is 0 Å². The summed E-state index contributed by atoms with van der Waals surface area (Å²) in [6, 6.07) is 0. The Bertz CT molecular complexity index is 220. The summed E-state index contributed by atoms with van der Waals surface area (Å²) in [4.78, 5) is 22.3. The topological polar surface area (TPSA) is 46.2 Å².